The van der Waals surface area contributed by atoms with Gasteiger partial charge in [-0.2, -0.15) is 0 Å². The summed E-state index contributed by atoms with van der Waals surface area (Å²) < 4.78 is 28.3. The van der Waals surface area contributed by atoms with E-state index in [2.05, 4.69) is 19.2 Å². The maximum absolute atomic E-state index is 9.47. The van der Waals surface area contributed by atoms with Crippen LogP contribution in [0.4, 0.5) is 0 Å². The SMILES string of the molecule is O.O.O=[As](O)(O)[O][Fe]. The first kappa shape index (κ1) is 15.9. The molecule has 6 N–H and O–H groups in total. The molecule has 0 bridgehead atoms. The van der Waals surface area contributed by atoms with Crippen molar-refractivity contribution < 1.29 is 42.0 Å². The quantitative estimate of drug-likeness (QED) is 0.458. The topological polar surface area (TPSA) is 130 Å². The fraction of sp³-hybridized carbons (Fsp3) is 0. The zero-order chi connectivity index (χ0) is 5.21. The van der Waals surface area contributed by atoms with Gasteiger partial charge in [0.25, 0.3) is 0 Å². The Kier molecular flexibility index (Phi) is 11.5. The minimum atomic E-state index is -4.77. The number of rotatable bonds is 1. The Balaban J connectivity index is -0.000000125. The van der Waals surface area contributed by atoms with E-state index in [4.69, 9.17) is 8.19 Å². The molecule has 0 aliphatic rings. The first-order chi connectivity index (χ1) is 2.56. The van der Waals surface area contributed by atoms with Gasteiger partial charge in [-0.3, -0.25) is 0 Å². The first-order valence-electron chi connectivity index (χ1n) is 0.909. The molecule has 0 heterocycles. The molecule has 0 aromatic heterocycles. The second kappa shape index (κ2) is 5.81. The Labute approximate surface area is 57.0 Å². The van der Waals surface area contributed by atoms with Gasteiger partial charge in [-0.15, -0.1) is 0 Å². The molecule has 0 rings (SSSR count). The summed E-state index contributed by atoms with van der Waals surface area (Å²) in [7, 11) is 0. The molecule has 0 aromatic carbocycles. The molecule has 6 nitrogen and oxygen atoms in total. The minimum absolute atomic E-state index is 0. The van der Waals surface area contributed by atoms with Crippen LogP contribution >= 0.6 is 0 Å². The van der Waals surface area contributed by atoms with Crippen LogP contribution in [-0.4, -0.2) is 33.7 Å². The Morgan fingerprint density at radius 2 is 1.50 bits per heavy atom. The Hall–Kier alpha value is 0.678. The monoisotopic (exact) mass is 233 g/mol. The molecular formula is H6AsFeO6. The summed E-state index contributed by atoms with van der Waals surface area (Å²) in [5, 5.41) is 0. The van der Waals surface area contributed by atoms with E-state index in [1.807, 2.05) is 0 Å². The fourth-order valence-corrected chi connectivity index (χ4v) is 0. The molecule has 0 aliphatic heterocycles. The van der Waals surface area contributed by atoms with Crippen LogP contribution < -0.4 is 0 Å². The van der Waals surface area contributed by atoms with Gasteiger partial charge in [0, 0.05) is 0 Å². The van der Waals surface area contributed by atoms with Crippen LogP contribution in [0.2, 0.25) is 0 Å². The molecule has 0 amide bonds. The van der Waals surface area contributed by atoms with E-state index in [9.17, 15) is 3.74 Å². The molecule has 0 aliphatic carbocycles. The number of hydrogen-bond donors (Lipinski definition) is 2. The summed E-state index contributed by atoms with van der Waals surface area (Å²) in [6, 6.07) is 0. The average Bonchev–Trinajstić information content (AvgIpc) is 1.35. The van der Waals surface area contributed by atoms with Crippen LogP contribution in [0.3, 0.4) is 0 Å². The Morgan fingerprint density at radius 1 is 1.38 bits per heavy atom. The molecule has 55 valence electrons. The summed E-state index contributed by atoms with van der Waals surface area (Å²) in [5.74, 6) is 0. The van der Waals surface area contributed by atoms with Crippen molar-refractivity contribution in [3.05, 3.63) is 0 Å². The van der Waals surface area contributed by atoms with E-state index in [0.717, 1.165) is 0 Å². The van der Waals surface area contributed by atoms with Crippen LogP contribution in [0, 0.1) is 0 Å². The summed E-state index contributed by atoms with van der Waals surface area (Å²) in [6.07, 6.45) is 0. The predicted octanol–water partition coefficient (Wildman–Crippen LogP) is -3.33. The van der Waals surface area contributed by atoms with Gasteiger partial charge >= 0.3 is 45.6 Å². The molecule has 8 heteroatoms. The van der Waals surface area contributed by atoms with Crippen molar-refractivity contribution in [1.82, 2.24) is 0 Å². The molecule has 0 saturated carbocycles. The van der Waals surface area contributed by atoms with Gasteiger partial charge in [0.1, 0.15) is 0 Å². The zero-order valence-corrected chi connectivity index (χ0v) is 6.49. The second-order valence-electron chi connectivity index (χ2n) is 0.555. The van der Waals surface area contributed by atoms with E-state index >= 15 is 0 Å². The second-order valence-corrected chi connectivity index (χ2v) is 3.93. The number of hydrogen-bond acceptors (Lipinski definition) is 2. The Morgan fingerprint density at radius 3 is 1.50 bits per heavy atom. The van der Waals surface area contributed by atoms with Crippen LogP contribution in [0.5, 0.6) is 0 Å². The summed E-state index contributed by atoms with van der Waals surface area (Å²) in [6.45, 7) is 0. The fourth-order valence-electron chi connectivity index (χ4n) is 0. The van der Waals surface area contributed by atoms with Gasteiger partial charge < -0.3 is 11.0 Å². The van der Waals surface area contributed by atoms with E-state index < -0.39 is 14.5 Å². The molecule has 0 saturated heterocycles. The van der Waals surface area contributed by atoms with Gasteiger partial charge in [-0.1, -0.05) is 0 Å². The van der Waals surface area contributed by atoms with Crippen LogP contribution in [-0.2, 0) is 22.9 Å². The standard InChI is InChI=1S/AsH3O4.Fe.2H2O/c2-1(3,4)5;;;/h(H3,2,3,4,5);;2*1H2/q;+1;;/p-1. The maximum atomic E-state index is 9.47. The molecular weight excluding hydrogens is 227 g/mol. The normalized spacial score (nSPS) is 8.88. The predicted molar refractivity (Wildman–Crippen MR) is 19.2 cm³/mol. The molecule has 0 unspecified atom stereocenters. The molecule has 0 radical (unpaired) electrons. The molecule has 0 fully saturated rings. The zero-order valence-electron chi connectivity index (χ0n) is 3.51. The molecule has 8 heavy (non-hydrogen) atoms. The third-order valence-corrected chi connectivity index (χ3v) is 1.80. The van der Waals surface area contributed by atoms with Gasteiger partial charge in [0.05, 0.1) is 0 Å². The average molecular weight is 233 g/mol. The molecule has 0 atom stereocenters. The molecule has 0 spiro atoms. The van der Waals surface area contributed by atoms with Crippen molar-refractivity contribution in [2.24, 2.45) is 0 Å². The van der Waals surface area contributed by atoms with Crippen molar-refractivity contribution in [2.75, 3.05) is 0 Å². The van der Waals surface area contributed by atoms with Crippen LogP contribution in [0.25, 0.3) is 0 Å². The van der Waals surface area contributed by atoms with E-state index in [1.165, 1.54) is 0 Å². The third-order valence-electron chi connectivity index (χ3n) is 0.0841. The van der Waals surface area contributed by atoms with Gasteiger partial charge in [-0.05, 0) is 0 Å². The first-order valence-corrected chi connectivity index (χ1v) is 4.57. The molecule has 0 aromatic rings. The van der Waals surface area contributed by atoms with E-state index in [0.29, 0.717) is 0 Å². The van der Waals surface area contributed by atoms with Gasteiger partial charge in [0.2, 0.25) is 0 Å². The summed E-state index contributed by atoms with van der Waals surface area (Å²) >= 11 is -2.25. The van der Waals surface area contributed by atoms with E-state index in [1.54, 1.807) is 0 Å². The van der Waals surface area contributed by atoms with Crippen molar-refractivity contribution in [1.29, 1.82) is 0 Å². The van der Waals surface area contributed by atoms with Crippen molar-refractivity contribution >= 4 is 14.5 Å². The Bertz CT molecular complexity index is 72.6. The van der Waals surface area contributed by atoms with E-state index in [-0.39, 0.29) is 11.0 Å². The van der Waals surface area contributed by atoms with Crippen LogP contribution in [0.15, 0.2) is 0 Å². The van der Waals surface area contributed by atoms with Crippen molar-refractivity contribution in [3.8, 4) is 0 Å². The summed E-state index contributed by atoms with van der Waals surface area (Å²) in [4.78, 5) is 0. The van der Waals surface area contributed by atoms with Gasteiger partial charge in [0.15, 0.2) is 0 Å². The van der Waals surface area contributed by atoms with Gasteiger partial charge in [-0.25, -0.2) is 0 Å². The van der Waals surface area contributed by atoms with Crippen LogP contribution in [0.1, 0.15) is 0 Å². The van der Waals surface area contributed by atoms with Crippen molar-refractivity contribution in [3.63, 3.8) is 0 Å². The summed E-state index contributed by atoms with van der Waals surface area (Å²) in [5.41, 5.74) is 0. The third kappa shape index (κ3) is 15.9. The van der Waals surface area contributed by atoms with Crippen molar-refractivity contribution in [2.45, 2.75) is 0 Å².